The average molecular weight is 322 g/mol. The molecule has 0 heterocycles. The lowest BCUT2D eigenvalue weighted by Gasteiger charge is -2.08. The number of aliphatic imine (C=N–C) groups is 1. The summed E-state index contributed by atoms with van der Waals surface area (Å²) in [4.78, 5) is 25.3. The van der Waals surface area contributed by atoms with Gasteiger partial charge in [-0.3, -0.25) is 5.32 Å². The Labute approximate surface area is 140 Å². The molecule has 0 aromatic heterocycles. The van der Waals surface area contributed by atoms with Crippen molar-refractivity contribution in [3.8, 4) is 0 Å². The number of amides is 1. The first-order valence-corrected chi connectivity index (χ1v) is 7.41. The molecule has 0 spiro atoms. The van der Waals surface area contributed by atoms with Crippen LogP contribution < -0.4 is 5.32 Å². The minimum Gasteiger partial charge on any atom is -0.445 e. The molecule has 0 atom stereocenters. The Morgan fingerprint density at radius 1 is 1.12 bits per heavy atom. The fraction of sp³-hybridized carbons (Fsp3) is 0.158. The van der Waals surface area contributed by atoms with Crippen LogP contribution in [0.15, 0.2) is 65.7 Å². The van der Waals surface area contributed by atoms with E-state index in [1.54, 1.807) is 19.1 Å². The highest BCUT2D eigenvalue weighted by molar-refractivity contribution is 5.84. The summed E-state index contributed by atoms with van der Waals surface area (Å²) in [5.41, 5.74) is 4.23. The largest absolute Gasteiger partial charge is 0.445 e. The van der Waals surface area contributed by atoms with Gasteiger partial charge in [-0.05, 0) is 54.3 Å². The van der Waals surface area contributed by atoms with Crippen LogP contribution in [0.3, 0.4) is 0 Å². The Balaban J connectivity index is 1.92. The van der Waals surface area contributed by atoms with Crippen LogP contribution in [0.1, 0.15) is 18.1 Å². The Kier molecular flexibility index (Phi) is 6.06. The number of isocyanates is 1. The minimum atomic E-state index is -0.503. The molecule has 2 aromatic rings. The second kappa shape index (κ2) is 8.46. The number of nitrogens with one attached hydrogen (secondary N) is 1. The predicted octanol–water partition coefficient (Wildman–Crippen LogP) is 4.37. The van der Waals surface area contributed by atoms with Crippen molar-refractivity contribution in [3.63, 3.8) is 0 Å². The molecule has 0 saturated carbocycles. The van der Waals surface area contributed by atoms with Gasteiger partial charge in [-0.25, -0.2) is 9.59 Å². The highest BCUT2D eigenvalue weighted by Crippen LogP contribution is 2.17. The first-order valence-electron chi connectivity index (χ1n) is 7.41. The monoisotopic (exact) mass is 322 g/mol. The van der Waals surface area contributed by atoms with Gasteiger partial charge >= 0.3 is 6.09 Å². The van der Waals surface area contributed by atoms with Crippen LogP contribution in [-0.4, -0.2) is 18.8 Å². The summed E-state index contributed by atoms with van der Waals surface area (Å²) in [7, 11) is 0. The number of benzene rings is 2. The number of hydrogen-bond acceptors (Lipinski definition) is 4. The molecule has 2 rings (SSSR count). The SMILES string of the molecule is C=C(C)COC(=O)Nc1ccc(Cc2ccc(N=C=O)cc2)cc1. The summed E-state index contributed by atoms with van der Waals surface area (Å²) in [5.74, 6) is 0. The van der Waals surface area contributed by atoms with Crippen LogP contribution in [0.4, 0.5) is 16.2 Å². The molecule has 0 aliphatic rings. The standard InChI is InChI=1S/C19H18N2O3/c1-14(2)12-24-19(23)21-18-9-5-16(6-10-18)11-15-3-7-17(8-4-15)20-13-22/h3-10H,1,11-12H2,2H3,(H,21,23). The lowest BCUT2D eigenvalue weighted by molar-refractivity contribution is 0.171. The molecule has 1 amide bonds. The molecule has 5 nitrogen and oxygen atoms in total. The number of ether oxygens (including phenoxy) is 1. The number of anilines is 1. The van der Waals surface area contributed by atoms with Crippen molar-refractivity contribution in [3.05, 3.63) is 71.8 Å². The van der Waals surface area contributed by atoms with E-state index in [1.165, 1.54) is 6.08 Å². The van der Waals surface area contributed by atoms with Gasteiger partial charge in [0.05, 0.1) is 5.69 Å². The van der Waals surface area contributed by atoms with Gasteiger partial charge in [0.25, 0.3) is 0 Å². The van der Waals surface area contributed by atoms with E-state index in [0.29, 0.717) is 11.4 Å². The maximum Gasteiger partial charge on any atom is 0.411 e. The molecule has 5 heteroatoms. The Morgan fingerprint density at radius 3 is 2.25 bits per heavy atom. The van der Waals surface area contributed by atoms with Crippen molar-refractivity contribution in [2.75, 3.05) is 11.9 Å². The fourth-order valence-corrected chi connectivity index (χ4v) is 2.03. The lowest BCUT2D eigenvalue weighted by Crippen LogP contribution is -2.14. The van der Waals surface area contributed by atoms with Crippen LogP contribution in [0.25, 0.3) is 0 Å². The van der Waals surface area contributed by atoms with Crippen molar-refractivity contribution in [1.82, 2.24) is 0 Å². The maximum atomic E-state index is 11.6. The molecule has 0 bridgehead atoms. The summed E-state index contributed by atoms with van der Waals surface area (Å²) < 4.78 is 4.98. The van der Waals surface area contributed by atoms with Gasteiger partial charge < -0.3 is 4.74 Å². The molecular weight excluding hydrogens is 304 g/mol. The van der Waals surface area contributed by atoms with E-state index >= 15 is 0 Å². The second-order valence-electron chi connectivity index (χ2n) is 5.40. The summed E-state index contributed by atoms with van der Waals surface area (Å²) in [6, 6.07) is 14.9. The zero-order valence-electron chi connectivity index (χ0n) is 13.4. The molecule has 0 saturated heterocycles. The van der Waals surface area contributed by atoms with E-state index in [4.69, 9.17) is 4.74 Å². The van der Waals surface area contributed by atoms with Crippen LogP contribution in [0.5, 0.6) is 0 Å². The van der Waals surface area contributed by atoms with E-state index in [2.05, 4.69) is 16.9 Å². The number of carbonyl (C=O) groups excluding carboxylic acids is 2. The maximum absolute atomic E-state index is 11.6. The Bertz CT molecular complexity index is 758. The Hall–Kier alpha value is -3.17. The zero-order valence-corrected chi connectivity index (χ0v) is 13.4. The third kappa shape index (κ3) is 5.55. The van der Waals surface area contributed by atoms with E-state index in [9.17, 15) is 9.59 Å². The first kappa shape index (κ1) is 17.2. The third-order valence-corrected chi connectivity index (χ3v) is 3.17. The average Bonchev–Trinajstić information content (AvgIpc) is 2.57. The molecule has 0 aliphatic carbocycles. The minimum absolute atomic E-state index is 0.202. The molecule has 0 unspecified atom stereocenters. The van der Waals surface area contributed by atoms with Gasteiger partial charge in [0.2, 0.25) is 6.08 Å². The van der Waals surface area contributed by atoms with Crippen molar-refractivity contribution < 1.29 is 14.3 Å². The first-order chi connectivity index (χ1) is 11.6. The van der Waals surface area contributed by atoms with E-state index in [-0.39, 0.29) is 6.61 Å². The van der Waals surface area contributed by atoms with Crippen LogP contribution in [0, 0.1) is 0 Å². The second-order valence-corrected chi connectivity index (χ2v) is 5.40. The highest BCUT2D eigenvalue weighted by atomic mass is 16.5. The molecule has 0 radical (unpaired) electrons. The summed E-state index contributed by atoms with van der Waals surface area (Å²) in [6.07, 6.45) is 1.75. The molecular formula is C19H18N2O3. The van der Waals surface area contributed by atoms with Crippen LogP contribution in [-0.2, 0) is 16.0 Å². The summed E-state index contributed by atoms with van der Waals surface area (Å²) in [5, 5.41) is 2.66. The van der Waals surface area contributed by atoms with Gasteiger partial charge in [-0.2, -0.15) is 4.99 Å². The van der Waals surface area contributed by atoms with Gasteiger partial charge in [0.15, 0.2) is 0 Å². The molecule has 0 aliphatic heterocycles. The normalized spacial score (nSPS) is 9.71. The lowest BCUT2D eigenvalue weighted by atomic mass is 10.0. The van der Waals surface area contributed by atoms with Gasteiger partial charge in [-0.15, -0.1) is 0 Å². The number of nitrogens with zero attached hydrogens (tertiary/aromatic N) is 1. The molecule has 2 aromatic carbocycles. The van der Waals surface area contributed by atoms with E-state index in [1.807, 2.05) is 36.4 Å². The van der Waals surface area contributed by atoms with Crippen molar-refractivity contribution >= 4 is 23.5 Å². The predicted molar refractivity (Wildman–Crippen MR) is 93.3 cm³/mol. The Morgan fingerprint density at radius 2 is 1.71 bits per heavy atom. The molecule has 24 heavy (non-hydrogen) atoms. The smallest absolute Gasteiger partial charge is 0.411 e. The van der Waals surface area contributed by atoms with Crippen LogP contribution in [0.2, 0.25) is 0 Å². The van der Waals surface area contributed by atoms with Crippen LogP contribution >= 0.6 is 0 Å². The van der Waals surface area contributed by atoms with Gasteiger partial charge in [0, 0.05) is 5.69 Å². The summed E-state index contributed by atoms with van der Waals surface area (Å²) >= 11 is 0. The number of hydrogen-bond donors (Lipinski definition) is 1. The van der Waals surface area contributed by atoms with Crippen molar-refractivity contribution in [2.45, 2.75) is 13.3 Å². The fourth-order valence-electron chi connectivity index (χ4n) is 2.03. The zero-order chi connectivity index (χ0) is 17.4. The van der Waals surface area contributed by atoms with Gasteiger partial charge in [-0.1, -0.05) is 30.8 Å². The highest BCUT2D eigenvalue weighted by Gasteiger charge is 2.03. The van der Waals surface area contributed by atoms with E-state index in [0.717, 1.165) is 23.1 Å². The van der Waals surface area contributed by atoms with Crippen molar-refractivity contribution in [1.29, 1.82) is 0 Å². The molecule has 122 valence electrons. The topological polar surface area (TPSA) is 67.8 Å². The molecule has 1 N–H and O–H groups in total. The molecule has 0 fully saturated rings. The number of rotatable bonds is 6. The summed E-state index contributed by atoms with van der Waals surface area (Å²) in [6.45, 7) is 5.67. The quantitative estimate of drug-likeness (QED) is 0.488. The number of carbonyl (C=O) groups is 1. The van der Waals surface area contributed by atoms with E-state index < -0.39 is 6.09 Å². The van der Waals surface area contributed by atoms with Gasteiger partial charge in [0.1, 0.15) is 6.61 Å². The third-order valence-electron chi connectivity index (χ3n) is 3.17. The van der Waals surface area contributed by atoms with Crippen molar-refractivity contribution in [2.24, 2.45) is 4.99 Å².